The number of thiophene rings is 1. The first kappa shape index (κ1) is 13.3. The molecule has 1 fully saturated rings. The maximum Gasteiger partial charge on any atom is 0.266 e. The molecule has 2 N–H and O–H groups in total. The second kappa shape index (κ2) is 4.70. The Bertz CT molecular complexity index is 664. The lowest BCUT2D eigenvalue weighted by atomic mass is 9.84. The summed E-state index contributed by atoms with van der Waals surface area (Å²) in [4.78, 5) is 24.3. The molecule has 0 spiro atoms. The van der Waals surface area contributed by atoms with Gasteiger partial charge < -0.3 is 10.6 Å². The van der Waals surface area contributed by atoms with Gasteiger partial charge in [-0.05, 0) is 18.3 Å². The summed E-state index contributed by atoms with van der Waals surface area (Å²) in [5, 5.41) is 0. The van der Waals surface area contributed by atoms with Gasteiger partial charge in [0.15, 0.2) is 0 Å². The monoisotopic (exact) mass is 290 g/mol. The fourth-order valence-electron chi connectivity index (χ4n) is 2.74. The van der Waals surface area contributed by atoms with E-state index in [2.05, 4.69) is 23.8 Å². The number of nitrogen functional groups attached to an aromatic ring is 1. The highest BCUT2D eigenvalue weighted by atomic mass is 32.1. The lowest BCUT2D eigenvalue weighted by Crippen LogP contribution is -2.43. The van der Waals surface area contributed by atoms with Gasteiger partial charge in [-0.15, -0.1) is 11.3 Å². The van der Waals surface area contributed by atoms with Crippen LogP contribution in [0.5, 0.6) is 0 Å². The zero-order chi connectivity index (χ0) is 14.3. The van der Waals surface area contributed by atoms with E-state index in [0.717, 1.165) is 30.8 Å². The van der Waals surface area contributed by atoms with Crippen LogP contribution >= 0.6 is 11.3 Å². The highest BCUT2D eigenvalue weighted by molar-refractivity contribution is 7.21. The SMILES string of the molecule is CC1(C)CCCN(C(=O)c2sc3nccnc3c2N)C1. The average Bonchev–Trinajstić information content (AvgIpc) is 2.75. The summed E-state index contributed by atoms with van der Waals surface area (Å²) >= 11 is 1.34. The number of anilines is 1. The van der Waals surface area contributed by atoms with Crippen molar-refractivity contribution in [2.24, 2.45) is 5.41 Å². The molecule has 0 unspecified atom stereocenters. The molecule has 5 nitrogen and oxygen atoms in total. The van der Waals surface area contributed by atoms with Gasteiger partial charge in [-0.2, -0.15) is 0 Å². The highest BCUT2D eigenvalue weighted by Gasteiger charge is 2.31. The number of rotatable bonds is 1. The van der Waals surface area contributed by atoms with Crippen molar-refractivity contribution in [3.63, 3.8) is 0 Å². The summed E-state index contributed by atoms with van der Waals surface area (Å²) in [5.41, 5.74) is 7.35. The van der Waals surface area contributed by atoms with E-state index in [1.165, 1.54) is 11.3 Å². The third-order valence-electron chi connectivity index (χ3n) is 3.75. The number of fused-ring (bicyclic) bond motifs is 1. The third-order valence-corrected chi connectivity index (χ3v) is 4.84. The first-order valence-electron chi connectivity index (χ1n) is 6.76. The van der Waals surface area contributed by atoms with E-state index in [9.17, 15) is 4.79 Å². The Morgan fingerprint density at radius 3 is 2.85 bits per heavy atom. The van der Waals surface area contributed by atoms with Gasteiger partial charge >= 0.3 is 0 Å². The molecule has 1 aliphatic heterocycles. The number of piperidine rings is 1. The van der Waals surface area contributed by atoms with Crippen LogP contribution in [0.3, 0.4) is 0 Å². The van der Waals surface area contributed by atoms with Gasteiger partial charge in [-0.3, -0.25) is 4.79 Å². The number of likely N-dealkylation sites (tertiary alicyclic amines) is 1. The number of carbonyl (C=O) groups is 1. The first-order chi connectivity index (χ1) is 9.48. The minimum Gasteiger partial charge on any atom is -0.396 e. The summed E-state index contributed by atoms with van der Waals surface area (Å²) in [6.07, 6.45) is 5.42. The summed E-state index contributed by atoms with van der Waals surface area (Å²) in [6, 6.07) is 0. The molecule has 0 bridgehead atoms. The molecule has 106 valence electrons. The van der Waals surface area contributed by atoms with Crippen molar-refractivity contribution in [2.75, 3.05) is 18.8 Å². The van der Waals surface area contributed by atoms with Gasteiger partial charge in [0, 0.05) is 25.5 Å². The second-order valence-electron chi connectivity index (χ2n) is 6.05. The van der Waals surface area contributed by atoms with Crippen molar-refractivity contribution in [3.05, 3.63) is 17.3 Å². The molecule has 1 amide bonds. The van der Waals surface area contributed by atoms with E-state index < -0.39 is 0 Å². The normalized spacial score (nSPS) is 18.4. The van der Waals surface area contributed by atoms with Crippen molar-refractivity contribution in [2.45, 2.75) is 26.7 Å². The fourth-order valence-corrected chi connectivity index (χ4v) is 3.73. The molecule has 3 rings (SSSR count). The number of nitrogens with two attached hydrogens (primary N) is 1. The van der Waals surface area contributed by atoms with Crippen molar-refractivity contribution in [3.8, 4) is 0 Å². The fraction of sp³-hybridized carbons (Fsp3) is 0.500. The number of amides is 1. The Labute approximate surface area is 121 Å². The Kier molecular flexibility index (Phi) is 3.12. The molecule has 1 aliphatic rings. The molecule has 6 heteroatoms. The standard InChI is InChI=1S/C14H18N4OS/c1-14(2)4-3-7-18(8-14)13(19)11-9(15)10-12(20-11)17-6-5-16-10/h5-6H,3-4,7-8,15H2,1-2H3. The smallest absolute Gasteiger partial charge is 0.266 e. The van der Waals surface area contributed by atoms with Crippen LogP contribution in [0.25, 0.3) is 10.3 Å². The molecular weight excluding hydrogens is 272 g/mol. The van der Waals surface area contributed by atoms with E-state index in [4.69, 9.17) is 5.73 Å². The lowest BCUT2D eigenvalue weighted by molar-refractivity contribution is 0.0589. The minimum absolute atomic E-state index is 0.0140. The molecule has 2 aromatic rings. The van der Waals surface area contributed by atoms with Crippen molar-refractivity contribution >= 4 is 33.3 Å². The molecule has 0 radical (unpaired) electrons. The number of nitrogens with zero attached hydrogens (tertiary/aromatic N) is 3. The van der Waals surface area contributed by atoms with Crippen LogP contribution in [0, 0.1) is 5.41 Å². The third kappa shape index (κ3) is 2.24. The molecule has 3 heterocycles. The average molecular weight is 290 g/mol. The molecule has 0 saturated carbocycles. The van der Waals surface area contributed by atoms with Gasteiger partial charge in [0.2, 0.25) is 0 Å². The van der Waals surface area contributed by atoms with Crippen LogP contribution in [0.2, 0.25) is 0 Å². The highest BCUT2D eigenvalue weighted by Crippen LogP contribution is 2.34. The van der Waals surface area contributed by atoms with Gasteiger partial charge in [0.1, 0.15) is 15.2 Å². The van der Waals surface area contributed by atoms with E-state index in [1.54, 1.807) is 12.4 Å². The lowest BCUT2D eigenvalue weighted by Gasteiger charge is -2.37. The molecule has 0 atom stereocenters. The Morgan fingerprint density at radius 1 is 1.40 bits per heavy atom. The quantitative estimate of drug-likeness (QED) is 0.876. The minimum atomic E-state index is 0.0140. The number of hydrogen-bond donors (Lipinski definition) is 1. The van der Waals surface area contributed by atoms with E-state index in [0.29, 0.717) is 16.1 Å². The predicted octanol–water partition coefficient (Wildman–Crippen LogP) is 2.54. The Morgan fingerprint density at radius 2 is 2.15 bits per heavy atom. The van der Waals surface area contributed by atoms with E-state index in [-0.39, 0.29) is 11.3 Å². The van der Waals surface area contributed by atoms with Crippen molar-refractivity contribution < 1.29 is 4.79 Å². The molecule has 2 aromatic heterocycles. The van der Waals surface area contributed by atoms with E-state index >= 15 is 0 Å². The van der Waals surface area contributed by atoms with Crippen LogP contribution < -0.4 is 5.73 Å². The zero-order valence-electron chi connectivity index (χ0n) is 11.7. The Hall–Kier alpha value is -1.69. The second-order valence-corrected chi connectivity index (χ2v) is 7.05. The van der Waals surface area contributed by atoms with Gasteiger partial charge in [-0.25, -0.2) is 9.97 Å². The number of carbonyl (C=O) groups excluding carboxylic acids is 1. The van der Waals surface area contributed by atoms with Crippen LogP contribution in [-0.2, 0) is 0 Å². The molecular formula is C14H18N4OS. The maximum absolute atomic E-state index is 12.7. The van der Waals surface area contributed by atoms with Crippen molar-refractivity contribution in [1.29, 1.82) is 0 Å². The molecule has 0 aromatic carbocycles. The number of hydrogen-bond acceptors (Lipinski definition) is 5. The maximum atomic E-state index is 12.7. The summed E-state index contributed by atoms with van der Waals surface area (Å²) in [5.74, 6) is 0.0140. The summed E-state index contributed by atoms with van der Waals surface area (Å²) in [6.45, 7) is 5.98. The van der Waals surface area contributed by atoms with Gasteiger partial charge in [0.25, 0.3) is 5.91 Å². The summed E-state index contributed by atoms with van der Waals surface area (Å²) < 4.78 is 0. The first-order valence-corrected chi connectivity index (χ1v) is 7.58. The summed E-state index contributed by atoms with van der Waals surface area (Å²) in [7, 11) is 0. The van der Waals surface area contributed by atoms with Crippen molar-refractivity contribution in [1.82, 2.24) is 14.9 Å². The molecule has 20 heavy (non-hydrogen) atoms. The molecule has 1 saturated heterocycles. The predicted molar refractivity (Wildman–Crippen MR) is 80.7 cm³/mol. The van der Waals surface area contributed by atoms with Crippen LogP contribution in [-0.4, -0.2) is 33.9 Å². The molecule has 0 aliphatic carbocycles. The van der Waals surface area contributed by atoms with E-state index in [1.807, 2.05) is 4.90 Å². The van der Waals surface area contributed by atoms with Gasteiger partial charge in [0.05, 0.1) is 5.69 Å². The Balaban J connectivity index is 1.94. The van der Waals surface area contributed by atoms with Gasteiger partial charge in [-0.1, -0.05) is 13.8 Å². The topological polar surface area (TPSA) is 72.1 Å². The number of aromatic nitrogens is 2. The van der Waals surface area contributed by atoms with Crippen LogP contribution in [0.4, 0.5) is 5.69 Å². The zero-order valence-corrected chi connectivity index (χ0v) is 12.5. The largest absolute Gasteiger partial charge is 0.396 e. The van der Waals surface area contributed by atoms with Crippen LogP contribution in [0.15, 0.2) is 12.4 Å². The van der Waals surface area contributed by atoms with Crippen LogP contribution in [0.1, 0.15) is 36.4 Å².